The monoisotopic (exact) mass is 318 g/mol. The van der Waals surface area contributed by atoms with Crippen LogP contribution < -0.4 is 10.5 Å². The molecule has 0 aliphatic rings. The first-order valence-corrected chi connectivity index (χ1v) is 8.43. The van der Waals surface area contributed by atoms with E-state index in [4.69, 9.17) is 5.73 Å². The quantitative estimate of drug-likeness (QED) is 0.853. The summed E-state index contributed by atoms with van der Waals surface area (Å²) in [6.45, 7) is 1.85. The SMILES string of the molecule is Cc1ccc(NS(=O)(=O)Cc2ccccc2)cc1CC(N)=O. The van der Waals surface area contributed by atoms with Gasteiger partial charge in [0.2, 0.25) is 15.9 Å². The molecule has 2 aromatic rings. The van der Waals surface area contributed by atoms with Gasteiger partial charge in [-0.05, 0) is 35.7 Å². The van der Waals surface area contributed by atoms with Crippen LogP contribution in [0.4, 0.5) is 5.69 Å². The molecule has 0 heterocycles. The molecule has 6 heteroatoms. The minimum absolute atomic E-state index is 0.0834. The molecule has 116 valence electrons. The Hall–Kier alpha value is -2.34. The molecule has 0 saturated heterocycles. The highest BCUT2D eigenvalue weighted by molar-refractivity contribution is 7.91. The van der Waals surface area contributed by atoms with Crippen LogP contribution in [0.5, 0.6) is 0 Å². The molecule has 0 aliphatic carbocycles. The van der Waals surface area contributed by atoms with E-state index in [9.17, 15) is 13.2 Å². The van der Waals surface area contributed by atoms with Gasteiger partial charge in [0.25, 0.3) is 0 Å². The number of hydrogen-bond donors (Lipinski definition) is 2. The Morgan fingerprint density at radius 1 is 1.14 bits per heavy atom. The molecule has 0 unspecified atom stereocenters. The lowest BCUT2D eigenvalue weighted by atomic mass is 10.0. The molecule has 0 fully saturated rings. The number of nitrogens with two attached hydrogens (primary N) is 1. The van der Waals surface area contributed by atoms with Crippen LogP contribution >= 0.6 is 0 Å². The summed E-state index contributed by atoms with van der Waals surface area (Å²) in [6, 6.07) is 14.0. The van der Waals surface area contributed by atoms with Crippen molar-refractivity contribution < 1.29 is 13.2 Å². The molecule has 2 rings (SSSR count). The molecule has 0 saturated carbocycles. The topological polar surface area (TPSA) is 89.3 Å². The van der Waals surface area contributed by atoms with Gasteiger partial charge in [-0.25, -0.2) is 8.42 Å². The average molecular weight is 318 g/mol. The molecule has 22 heavy (non-hydrogen) atoms. The molecule has 2 aromatic carbocycles. The number of amides is 1. The predicted octanol–water partition coefficient (Wildman–Crippen LogP) is 1.96. The van der Waals surface area contributed by atoms with Gasteiger partial charge in [0.1, 0.15) is 0 Å². The fraction of sp³-hybridized carbons (Fsp3) is 0.188. The zero-order valence-electron chi connectivity index (χ0n) is 12.2. The van der Waals surface area contributed by atoms with E-state index in [1.165, 1.54) is 0 Å². The summed E-state index contributed by atoms with van der Waals surface area (Å²) in [5.41, 5.74) is 7.94. The average Bonchev–Trinajstić information content (AvgIpc) is 2.42. The van der Waals surface area contributed by atoms with E-state index in [1.807, 2.05) is 13.0 Å². The number of aryl methyl sites for hydroxylation is 1. The maximum absolute atomic E-state index is 12.2. The Labute approximate surface area is 130 Å². The third-order valence-corrected chi connectivity index (χ3v) is 4.45. The van der Waals surface area contributed by atoms with Gasteiger partial charge in [-0.2, -0.15) is 0 Å². The van der Waals surface area contributed by atoms with Crippen LogP contribution in [0, 0.1) is 6.92 Å². The number of carbonyl (C=O) groups excluding carboxylic acids is 1. The Kier molecular flexibility index (Phi) is 4.82. The van der Waals surface area contributed by atoms with Crippen LogP contribution in [-0.4, -0.2) is 14.3 Å². The van der Waals surface area contributed by atoms with Gasteiger partial charge < -0.3 is 5.73 Å². The van der Waals surface area contributed by atoms with E-state index in [0.717, 1.165) is 5.56 Å². The second-order valence-electron chi connectivity index (χ2n) is 5.13. The third kappa shape index (κ3) is 4.60. The molecule has 1 amide bonds. The Morgan fingerprint density at radius 2 is 1.82 bits per heavy atom. The minimum Gasteiger partial charge on any atom is -0.369 e. The largest absolute Gasteiger partial charge is 0.369 e. The van der Waals surface area contributed by atoms with Gasteiger partial charge in [0.05, 0.1) is 12.2 Å². The highest BCUT2D eigenvalue weighted by Gasteiger charge is 2.13. The summed E-state index contributed by atoms with van der Waals surface area (Å²) in [6.07, 6.45) is 0.0834. The second kappa shape index (κ2) is 6.62. The molecular weight excluding hydrogens is 300 g/mol. The Morgan fingerprint density at radius 3 is 2.45 bits per heavy atom. The summed E-state index contributed by atoms with van der Waals surface area (Å²) >= 11 is 0. The highest BCUT2D eigenvalue weighted by Crippen LogP contribution is 2.18. The summed E-state index contributed by atoms with van der Waals surface area (Å²) < 4.78 is 26.9. The van der Waals surface area contributed by atoms with Crippen LogP contribution in [0.25, 0.3) is 0 Å². The van der Waals surface area contributed by atoms with Gasteiger partial charge in [-0.3, -0.25) is 9.52 Å². The number of hydrogen-bond acceptors (Lipinski definition) is 3. The lowest BCUT2D eigenvalue weighted by Gasteiger charge is -2.11. The third-order valence-electron chi connectivity index (χ3n) is 3.19. The van der Waals surface area contributed by atoms with Gasteiger partial charge in [0.15, 0.2) is 0 Å². The molecule has 3 N–H and O–H groups in total. The zero-order chi connectivity index (χ0) is 16.2. The molecule has 0 aliphatic heterocycles. The number of rotatable bonds is 6. The molecule has 0 spiro atoms. The Balaban J connectivity index is 2.17. The molecule has 0 atom stereocenters. The molecule has 5 nitrogen and oxygen atoms in total. The van der Waals surface area contributed by atoms with Gasteiger partial charge in [-0.1, -0.05) is 36.4 Å². The van der Waals surface area contributed by atoms with Crippen molar-refractivity contribution in [1.29, 1.82) is 0 Å². The fourth-order valence-corrected chi connectivity index (χ4v) is 3.31. The Bertz CT molecular complexity index is 771. The van der Waals surface area contributed by atoms with E-state index in [2.05, 4.69) is 4.72 Å². The molecule has 0 bridgehead atoms. The van der Waals surface area contributed by atoms with Gasteiger partial charge in [-0.15, -0.1) is 0 Å². The van der Waals surface area contributed by atoms with Crippen LogP contribution in [0.3, 0.4) is 0 Å². The maximum atomic E-state index is 12.2. The standard InChI is InChI=1S/C16H18N2O3S/c1-12-7-8-15(9-14(12)10-16(17)19)18-22(20,21)11-13-5-3-2-4-6-13/h2-9,18H,10-11H2,1H3,(H2,17,19). The number of anilines is 1. The van der Waals surface area contributed by atoms with Crippen molar-refractivity contribution in [2.75, 3.05) is 4.72 Å². The second-order valence-corrected chi connectivity index (χ2v) is 6.85. The maximum Gasteiger partial charge on any atom is 0.236 e. The van der Waals surface area contributed by atoms with E-state index in [1.54, 1.807) is 42.5 Å². The van der Waals surface area contributed by atoms with Crippen molar-refractivity contribution >= 4 is 21.6 Å². The lowest BCUT2D eigenvalue weighted by Crippen LogP contribution is -2.17. The van der Waals surface area contributed by atoms with E-state index < -0.39 is 15.9 Å². The van der Waals surface area contributed by atoms with E-state index in [0.29, 0.717) is 16.8 Å². The summed E-state index contributed by atoms with van der Waals surface area (Å²) in [5.74, 6) is -0.556. The van der Waals surface area contributed by atoms with E-state index >= 15 is 0 Å². The zero-order valence-corrected chi connectivity index (χ0v) is 13.1. The van der Waals surface area contributed by atoms with Crippen LogP contribution in [0.15, 0.2) is 48.5 Å². The van der Waals surface area contributed by atoms with Gasteiger partial charge in [0, 0.05) is 5.69 Å². The van der Waals surface area contributed by atoms with Crippen molar-refractivity contribution in [2.24, 2.45) is 5.73 Å². The highest BCUT2D eigenvalue weighted by atomic mass is 32.2. The number of nitrogens with one attached hydrogen (secondary N) is 1. The number of sulfonamides is 1. The van der Waals surface area contributed by atoms with Crippen LogP contribution in [-0.2, 0) is 27.0 Å². The normalized spacial score (nSPS) is 11.1. The first-order chi connectivity index (χ1) is 10.4. The summed E-state index contributed by atoms with van der Waals surface area (Å²) in [7, 11) is -3.51. The smallest absolute Gasteiger partial charge is 0.236 e. The fourth-order valence-electron chi connectivity index (χ4n) is 2.12. The number of primary amides is 1. The predicted molar refractivity (Wildman–Crippen MR) is 86.8 cm³/mol. The van der Waals surface area contributed by atoms with Crippen molar-refractivity contribution in [3.63, 3.8) is 0 Å². The molecular formula is C16H18N2O3S. The number of carbonyl (C=O) groups is 1. The molecule has 0 aromatic heterocycles. The first kappa shape index (κ1) is 16.0. The summed E-state index contributed by atoms with van der Waals surface area (Å²) in [4.78, 5) is 11.0. The van der Waals surface area contributed by atoms with Crippen LogP contribution in [0.2, 0.25) is 0 Å². The van der Waals surface area contributed by atoms with Crippen molar-refractivity contribution in [3.05, 3.63) is 65.2 Å². The van der Waals surface area contributed by atoms with Gasteiger partial charge >= 0.3 is 0 Å². The van der Waals surface area contributed by atoms with E-state index in [-0.39, 0.29) is 12.2 Å². The van der Waals surface area contributed by atoms with Crippen molar-refractivity contribution in [2.45, 2.75) is 19.1 Å². The van der Waals surface area contributed by atoms with Crippen molar-refractivity contribution in [1.82, 2.24) is 0 Å². The lowest BCUT2D eigenvalue weighted by molar-refractivity contribution is -0.117. The summed E-state index contributed by atoms with van der Waals surface area (Å²) in [5, 5.41) is 0. The van der Waals surface area contributed by atoms with Crippen LogP contribution in [0.1, 0.15) is 16.7 Å². The molecule has 0 radical (unpaired) electrons. The minimum atomic E-state index is -3.51. The first-order valence-electron chi connectivity index (χ1n) is 6.78. The number of benzene rings is 2. The van der Waals surface area contributed by atoms with Crippen molar-refractivity contribution in [3.8, 4) is 0 Å².